The Morgan fingerprint density at radius 3 is 2.80 bits per heavy atom. The van der Waals surface area contributed by atoms with Crippen molar-refractivity contribution in [1.29, 1.82) is 0 Å². The zero-order valence-corrected chi connectivity index (χ0v) is 9.87. The van der Waals surface area contributed by atoms with Crippen LogP contribution in [0.25, 0.3) is 0 Å². The van der Waals surface area contributed by atoms with Crippen molar-refractivity contribution in [3.63, 3.8) is 0 Å². The Balaban J connectivity index is 1.49. The molecule has 0 radical (unpaired) electrons. The molecule has 1 saturated carbocycles. The molecule has 1 atom stereocenters. The lowest BCUT2D eigenvalue weighted by atomic mass is 10.2. The molecule has 0 spiro atoms. The van der Waals surface area contributed by atoms with Gasteiger partial charge in [-0.3, -0.25) is 4.90 Å². The minimum atomic E-state index is 0.487. The average molecular weight is 212 g/mol. The molecule has 3 nitrogen and oxygen atoms in total. The first-order chi connectivity index (χ1) is 7.40. The average Bonchev–Trinajstić information content (AvgIpc) is 2.95. The van der Waals surface area contributed by atoms with Gasteiger partial charge >= 0.3 is 0 Å². The molecule has 0 amide bonds. The van der Waals surface area contributed by atoms with Crippen molar-refractivity contribution < 1.29 is 4.74 Å². The fraction of sp³-hybridized carbons (Fsp3) is 1.00. The van der Waals surface area contributed by atoms with Crippen LogP contribution in [0.1, 0.15) is 32.6 Å². The van der Waals surface area contributed by atoms with E-state index in [1.807, 2.05) is 0 Å². The van der Waals surface area contributed by atoms with E-state index < -0.39 is 0 Å². The van der Waals surface area contributed by atoms with Crippen molar-refractivity contribution in [3.05, 3.63) is 0 Å². The predicted molar refractivity (Wildman–Crippen MR) is 62.1 cm³/mol. The molecule has 2 rings (SSSR count). The van der Waals surface area contributed by atoms with Crippen molar-refractivity contribution in [2.45, 2.75) is 44.8 Å². The number of hydrogen-bond donors (Lipinski definition) is 1. The van der Waals surface area contributed by atoms with Crippen LogP contribution in [0.2, 0.25) is 0 Å². The molecule has 1 heterocycles. The quantitative estimate of drug-likeness (QED) is 0.643. The molecular weight excluding hydrogens is 188 g/mol. The van der Waals surface area contributed by atoms with Crippen LogP contribution in [0, 0.1) is 0 Å². The van der Waals surface area contributed by atoms with Gasteiger partial charge in [0.2, 0.25) is 0 Å². The second-order valence-corrected chi connectivity index (χ2v) is 4.70. The highest BCUT2D eigenvalue weighted by Crippen LogP contribution is 2.25. The van der Waals surface area contributed by atoms with Crippen LogP contribution < -0.4 is 5.32 Å². The van der Waals surface area contributed by atoms with Gasteiger partial charge in [0, 0.05) is 32.3 Å². The van der Waals surface area contributed by atoms with Crippen molar-refractivity contribution in [2.75, 3.05) is 32.8 Å². The van der Waals surface area contributed by atoms with E-state index >= 15 is 0 Å². The van der Waals surface area contributed by atoms with Gasteiger partial charge < -0.3 is 10.1 Å². The summed E-state index contributed by atoms with van der Waals surface area (Å²) in [7, 11) is 0. The summed E-state index contributed by atoms with van der Waals surface area (Å²) < 4.78 is 5.57. The van der Waals surface area contributed by atoms with E-state index in [1.54, 1.807) is 0 Å². The Kier molecular flexibility index (Phi) is 4.42. The summed E-state index contributed by atoms with van der Waals surface area (Å²) in [6.45, 7) is 7.79. The third kappa shape index (κ3) is 3.74. The first-order valence-electron chi connectivity index (χ1n) is 6.46. The molecule has 0 aromatic heterocycles. The molecule has 2 aliphatic rings. The zero-order chi connectivity index (χ0) is 10.5. The van der Waals surface area contributed by atoms with Crippen LogP contribution in [0.4, 0.5) is 0 Å². The topological polar surface area (TPSA) is 24.5 Å². The Hall–Kier alpha value is -0.120. The van der Waals surface area contributed by atoms with Gasteiger partial charge in [-0.05, 0) is 32.2 Å². The first-order valence-corrected chi connectivity index (χ1v) is 6.46. The van der Waals surface area contributed by atoms with Crippen molar-refractivity contribution >= 4 is 0 Å². The number of nitrogens with one attached hydrogen (secondary N) is 1. The molecule has 1 unspecified atom stereocenters. The van der Waals surface area contributed by atoms with Gasteiger partial charge in [0.05, 0.1) is 6.10 Å². The Morgan fingerprint density at radius 1 is 1.33 bits per heavy atom. The molecule has 1 N–H and O–H groups in total. The zero-order valence-electron chi connectivity index (χ0n) is 9.87. The van der Waals surface area contributed by atoms with Crippen LogP contribution in [0.15, 0.2) is 0 Å². The number of rotatable bonds is 7. The van der Waals surface area contributed by atoms with Crippen molar-refractivity contribution in [3.8, 4) is 0 Å². The van der Waals surface area contributed by atoms with E-state index in [9.17, 15) is 0 Å². The third-order valence-corrected chi connectivity index (χ3v) is 3.44. The largest absolute Gasteiger partial charge is 0.377 e. The number of hydrogen-bond acceptors (Lipinski definition) is 3. The summed E-state index contributed by atoms with van der Waals surface area (Å²) in [6, 6.07) is 0.902. The molecule has 3 heteroatoms. The minimum absolute atomic E-state index is 0.487. The van der Waals surface area contributed by atoms with Crippen molar-refractivity contribution in [1.82, 2.24) is 10.2 Å². The van der Waals surface area contributed by atoms with Gasteiger partial charge in [0.1, 0.15) is 0 Å². The van der Waals surface area contributed by atoms with Crippen LogP contribution in [-0.4, -0.2) is 49.8 Å². The fourth-order valence-electron chi connectivity index (χ4n) is 2.33. The molecule has 88 valence electrons. The minimum Gasteiger partial charge on any atom is -0.377 e. The van der Waals surface area contributed by atoms with Gasteiger partial charge in [0.15, 0.2) is 0 Å². The predicted octanol–water partition coefficient (Wildman–Crippen LogP) is 1.24. The summed E-state index contributed by atoms with van der Waals surface area (Å²) >= 11 is 0. The lowest BCUT2D eigenvalue weighted by molar-refractivity contribution is 0.109. The molecule has 1 aliphatic carbocycles. The van der Waals surface area contributed by atoms with E-state index in [0.29, 0.717) is 6.10 Å². The molecule has 0 aromatic carbocycles. The summed E-state index contributed by atoms with van der Waals surface area (Å²) in [4.78, 5) is 2.59. The SMILES string of the molecule is CCN(CCNCC1CCCO1)C1CC1. The normalized spacial score (nSPS) is 26.4. The Morgan fingerprint density at radius 2 is 2.20 bits per heavy atom. The van der Waals surface area contributed by atoms with E-state index in [2.05, 4.69) is 17.1 Å². The molecule has 1 saturated heterocycles. The van der Waals surface area contributed by atoms with Crippen LogP contribution >= 0.6 is 0 Å². The summed E-state index contributed by atoms with van der Waals surface area (Å²) in [5.41, 5.74) is 0. The molecule has 2 fully saturated rings. The lowest BCUT2D eigenvalue weighted by Crippen LogP contribution is -2.36. The van der Waals surface area contributed by atoms with Gasteiger partial charge in [-0.25, -0.2) is 0 Å². The second kappa shape index (κ2) is 5.83. The Labute approximate surface area is 93.2 Å². The van der Waals surface area contributed by atoms with E-state index in [4.69, 9.17) is 4.74 Å². The van der Waals surface area contributed by atoms with Crippen LogP contribution in [0.3, 0.4) is 0 Å². The van der Waals surface area contributed by atoms with Crippen LogP contribution in [-0.2, 0) is 4.74 Å². The summed E-state index contributed by atoms with van der Waals surface area (Å²) in [5, 5.41) is 3.51. The standard InChI is InChI=1S/C12H24N2O/c1-2-14(11-5-6-11)8-7-13-10-12-4-3-9-15-12/h11-13H,2-10H2,1H3. The van der Waals surface area contributed by atoms with Crippen LogP contribution in [0.5, 0.6) is 0 Å². The van der Waals surface area contributed by atoms with E-state index in [-0.39, 0.29) is 0 Å². The maximum absolute atomic E-state index is 5.57. The highest BCUT2D eigenvalue weighted by Gasteiger charge is 2.27. The highest BCUT2D eigenvalue weighted by atomic mass is 16.5. The first kappa shape index (κ1) is 11.4. The van der Waals surface area contributed by atoms with Gasteiger partial charge in [-0.1, -0.05) is 6.92 Å². The number of nitrogens with zero attached hydrogens (tertiary/aromatic N) is 1. The van der Waals surface area contributed by atoms with E-state index in [0.717, 1.165) is 25.7 Å². The fourth-order valence-corrected chi connectivity index (χ4v) is 2.33. The third-order valence-electron chi connectivity index (χ3n) is 3.44. The molecular formula is C12H24N2O. The maximum Gasteiger partial charge on any atom is 0.0700 e. The molecule has 1 aliphatic heterocycles. The number of ether oxygens (including phenoxy) is 1. The summed E-state index contributed by atoms with van der Waals surface area (Å²) in [6.07, 6.45) is 5.81. The molecule has 0 bridgehead atoms. The maximum atomic E-state index is 5.57. The molecule has 15 heavy (non-hydrogen) atoms. The van der Waals surface area contributed by atoms with Gasteiger partial charge in [0.25, 0.3) is 0 Å². The second-order valence-electron chi connectivity index (χ2n) is 4.70. The number of likely N-dealkylation sites (N-methyl/N-ethyl adjacent to an activating group) is 1. The molecule has 0 aromatic rings. The van der Waals surface area contributed by atoms with Gasteiger partial charge in [-0.2, -0.15) is 0 Å². The highest BCUT2D eigenvalue weighted by molar-refractivity contribution is 4.84. The monoisotopic (exact) mass is 212 g/mol. The Bertz CT molecular complexity index is 176. The van der Waals surface area contributed by atoms with Gasteiger partial charge in [-0.15, -0.1) is 0 Å². The van der Waals surface area contributed by atoms with Crippen molar-refractivity contribution in [2.24, 2.45) is 0 Å². The summed E-state index contributed by atoms with van der Waals surface area (Å²) in [5.74, 6) is 0. The lowest BCUT2D eigenvalue weighted by Gasteiger charge is -2.20. The van der Waals surface area contributed by atoms with E-state index in [1.165, 1.54) is 38.8 Å². The smallest absolute Gasteiger partial charge is 0.0700 e.